The fourth-order valence-corrected chi connectivity index (χ4v) is 3.86. The minimum atomic E-state index is -1.40. The van der Waals surface area contributed by atoms with E-state index in [1.165, 1.54) is 47.4 Å². The molecule has 1 aliphatic heterocycles. The Bertz CT molecular complexity index is 1330. The first-order chi connectivity index (χ1) is 15.8. The number of nitrogens with zero attached hydrogens (tertiary/aromatic N) is 3. The van der Waals surface area contributed by atoms with E-state index in [2.05, 4.69) is 4.99 Å². The normalized spacial score (nSPS) is 15.0. The zero-order valence-corrected chi connectivity index (χ0v) is 19.7. The van der Waals surface area contributed by atoms with Crippen molar-refractivity contribution >= 4 is 45.8 Å². The molecule has 10 heteroatoms. The number of aryl methyl sites for hydroxylation is 1. The van der Waals surface area contributed by atoms with Crippen LogP contribution in [0.1, 0.15) is 27.0 Å². The molecule has 0 saturated carbocycles. The van der Waals surface area contributed by atoms with E-state index in [0.29, 0.717) is 16.8 Å². The van der Waals surface area contributed by atoms with E-state index in [4.69, 9.17) is 5.73 Å². The third-order valence-corrected chi connectivity index (χ3v) is 5.38. The van der Waals surface area contributed by atoms with Crippen LogP contribution in [0.15, 0.2) is 71.7 Å². The number of benzodiazepines with no additional fused rings is 1. The van der Waals surface area contributed by atoms with Gasteiger partial charge in [0.15, 0.2) is 11.9 Å². The lowest BCUT2D eigenvalue weighted by molar-refractivity contribution is -0.385. The van der Waals surface area contributed by atoms with Crippen LogP contribution in [0.3, 0.4) is 0 Å². The van der Waals surface area contributed by atoms with Gasteiger partial charge in [-0.25, -0.2) is 4.39 Å². The van der Waals surface area contributed by atoms with Crippen LogP contribution in [0.5, 0.6) is 0 Å². The smallest absolute Gasteiger partial charge is 0.280 e. The van der Waals surface area contributed by atoms with Crippen molar-refractivity contribution < 1.29 is 18.9 Å². The molecule has 0 bridgehead atoms. The average Bonchev–Trinajstić information content (AvgIpc) is 2.90. The van der Waals surface area contributed by atoms with Crippen molar-refractivity contribution in [3.63, 3.8) is 0 Å². The van der Waals surface area contributed by atoms with Gasteiger partial charge in [-0.15, -0.1) is 17.0 Å². The molecule has 1 unspecified atom stereocenters. The van der Waals surface area contributed by atoms with Crippen LogP contribution >= 0.6 is 17.0 Å². The number of fused-ring (bicyclic) bond motifs is 1. The van der Waals surface area contributed by atoms with E-state index in [1.54, 1.807) is 31.2 Å². The number of nitrogens with two attached hydrogens (primary N) is 1. The highest BCUT2D eigenvalue weighted by atomic mass is 79.9. The highest BCUT2D eigenvalue weighted by Gasteiger charge is 2.34. The summed E-state index contributed by atoms with van der Waals surface area (Å²) in [5.41, 5.74) is 7.33. The largest absolute Gasteiger partial charge is 0.302 e. The maximum atomic E-state index is 14.6. The molecule has 0 fully saturated rings. The van der Waals surface area contributed by atoms with Gasteiger partial charge in [0.2, 0.25) is 0 Å². The van der Waals surface area contributed by atoms with Crippen molar-refractivity contribution in [3.05, 3.63) is 105 Å². The molecule has 0 aliphatic carbocycles. The molecule has 0 aromatic heterocycles. The number of para-hydroxylation sites is 2. The van der Waals surface area contributed by atoms with Gasteiger partial charge in [-0.05, 0) is 30.7 Å². The SMILES string of the molecule is Br.Cc1cccc2c1N(CC(=O)c1ccccc1[N+](=O)[O-])C(=O)C(N)N=C2c1ccccc1F. The summed E-state index contributed by atoms with van der Waals surface area (Å²) in [6, 6.07) is 16.7. The minimum absolute atomic E-state index is 0. The number of rotatable bonds is 5. The molecule has 174 valence electrons. The van der Waals surface area contributed by atoms with Crippen molar-refractivity contribution in [1.82, 2.24) is 0 Å². The van der Waals surface area contributed by atoms with Crippen LogP contribution in [0.25, 0.3) is 0 Å². The first kappa shape index (κ1) is 24.9. The Morgan fingerprint density at radius 2 is 1.74 bits per heavy atom. The first-order valence-electron chi connectivity index (χ1n) is 10.1. The number of hydrogen-bond donors (Lipinski definition) is 1. The Balaban J connectivity index is 0.00000324. The Kier molecular flexibility index (Phi) is 7.33. The van der Waals surface area contributed by atoms with E-state index >= 15 is 0 Å². The van der Waals surface area contributed by atoms with Gasteiger partial charge in [0.05, 0.1) is 28.4 Å². The van der Waals surface area contributed by atoms with Gasteiger partial charge >= 0.3 is 0 Å². The summed E-state index contributed by atoms with van der Waals surface area (Å²) in [4.78, 5) is 42.5. The number of carbonyl (C=O) groups is 2. The molecule has 0 radical (unpaired) electrons. The Morgan fingerprint density at radius 3 is 2.44 bits per heavy atom. The predicted molar refractivity (Wildman–Crippen MR) is 131 cm³/mol. The van der Waals surface area contributed by atoms with Crippen LogP contribution in [0, 0.1) is 22.9 Å². The van der Waals surface area contributed by atoms with Crippen LogP contribution < -0.4 is 10.6 Å². The number of hydrogen-bond acceptors (Lipinski definition) is 6. The predicted octanol–water partition coefficient (Wildman–Crippen LogP) is 3.97. The van der Waals surface area contributed by atoms with Crippen molar-refractivity contribution in [3.8, 4) is 0 Å². The molecule has 1 heterocycles. The monoisotopic (exact) mass is 526 g/mol. The van der Waals surface area contributed by atoms with Gasteiger partial charge in [-0.3, -0.25) is 24.7 Å². The fraction of sp³-hybridized carbons (Fsp3) is 0.125. The van der Waals surface area contributed by atoms with Crippen LogP contribution in [0.4, 0.5) is 15.8 Å². The van der Waals surface area contributed by atoms with E-state index in [-0.39, 0.29) is 39.5 Å². The number of halogens is 2. The second kappa shape index (κ2) is 10.0. The number of carbonyl (C=O) groups excluding carboxylic acids is 2. The summed E-state index contributed by atoms with van der Waals surface area (Å²) in [6.45, 7) is 1.25. The van der Waals surface area contributed by atoms with Crippen molar-refractivity contribution in [2.75, 3.05) is 11.4 Å². The van der Waals surface area contributed by atoms with Crippen molar-refractivity contribution in [1.29, 1.82) is 0 Å². The summed E-state index contributed by atoms with van der Waals surface area (Å²) >= 11 is 0. The van der Waals surface area contributed by atoms with Crippen LogP contribution in [-0.4, -0.2) is 35.0 Å². The lowest BCUT2D eigenvalue weighted by Gasteiger charge is -2.25. The number of anilines is 1. The molecule has 1 atom stereocenters. The molecule has 0 saturated heterocycles. The second-order valence-corrected chi connectivity index (χ2v) is 7.50. The molecule has 1 amide bonds. The molecular formula is C24H20BrFN4O4. The molecule has 2 N–H and O–H groups in total. The molecule has 0 spiro atoms. The van der Waals surface area contributed by atoms with Crippen molar-refractivity contribution in [2.24, 2.45) is 10.7 Å². The number of ketones is 1. The second-order valence-electron chi connectivity index (χ2n) is 7.50. The van der Waals surface area contributed by atoms with Gasteiger partial charge < -0.3 is 10.6 Å². The summed E-state index contributed by atoms with van der Waals surface area (Å²) in [5.74, 6) is -1.84. The molecule has 4 rings (SSSR count). The molecule has 1 aliphatic rings. The summed E-state index contributed by atoms with van der Waals surface area (Å²) < 4.78 is 14.6. The maximum absolute atomic E-state index is 14.6. The molecule has 3 aromatic rings. The summed E-state index contributed by atoms with van der Waals surface area (Å²) in [6.07, 6.45) is -1.40. The maximum Gasteiger partial charge on any atom is 0.280 e. The quantitative estimate of drug-likeness (QED) is 0.306. The van der Waals surface area contributed by atoms with Crippen LogP contribution in [0.2, 0.25) is 0 Å². The highest BCUT2D eigenvalue weighted by molar-refractivity contribution is 8.93. The van der Waals surface area contributed by atoms with Gasteiger partial charge in [-0.2, -0.15) is 0 Å². The Hall–Kier alpha value is -3.76. The third kappa shape index (κ3) is 4.50. The standard InChI is InChI=1S/C24H19FN4O4.BrH/c1-14-7-6-10-17-21(15-8-2-4-11-18(15)25)27-23(26)24(31)28(22(14)17)13-20(30)16-9-3-5-12-19(16)29(32)33;/h2-12,23H,13,26H2,1H3;1H. The Morgan fingerprint density at radius 1 is 1.09 bits per heavy atom. The van der Waals surface area contributed by atoms with Gasteiger partial charge in [0, 0.05) is 17.2 Å². The lowest BCUT2D eigenvalue weighted by Crippen LogP contribution is -2.45. The van der Waals surface area contributed by atoms with E-state index in [0.717, 1.165) is 0 Å². The Labute approximate surface area is 204 Å². The zero-order chi connectivity index (χ0) is 23.7. The van der Waals surface area contributed by atoms with Crippen LogP contribution in [-0.2, 0) is 4.79 Å². The molecule has 34 heavy (non-hydrogen) atoms. The van der Waals surface area contributed by atoms with E-state index in [1.807, 2.05) is 0 Å². The van der Waals surface area contributed by atoms with E-state index in [9.17, 15) is 24.1 Å². The average molecular weight is 527 g/mol. The van der Waals surface area contributed by atoms with Gasteiger partial charge in [0.25, 0.3) is 11.6 Å². The topological polar surface area (TPSA) is 119 Å². The third-order valence-electron chi connectivity index (χ3n) is 5.38. The van der Waals surface area contributed by atoms with Crippen molar-refractivity contribution in [2.45, 2.75) is 13.1 Å². The van der Waals surface area contributed by atoms with Gasteiger partial charge in [0.1, 0.15) is 5.82 Å². The molecule has 3 aromatic carbocycles. The van der Waals surface area contributed by atoms with E-state index < -0.39 is 35.1 Å². The van der Waals surface area contributed by atoms with Gasteiger partial charge in [-0.1, -0.05) is 42.5 Å². The number of nitro benzene ring substituents is 1. The molecular weight excluding hydrogens is 507 g/mol. The number of aliphatic imine (C=N–C) groups is 1. The lowest BCUT2D eigenvalue weighted by atomic mass is 9.97. The molecule has 8 nitrogen and oxygen atoms in total. The zero-order valence-electron chi connectivity index (χ0n) is 18.0. The number of amides is 1. The summed E-state index contributed by atoms with van der Waals surface area (Å²) in [5, 5.41) is 11.4. The summed E-state index contributed by atoms with van der Waals surface area (Å²) in [7, 11) is 0. The first-order valence-corrected chi connectivity index (χ1v) is 10.1. The minimum Gasteiger partial charge on any atom is -0.302 e. The highest BCUT2D eigenvalue weighted by Crippen LogP contribution is 2.32. The number of benzene rings is 3. The number of nitro groups is 1. The fourth-order valence-electron chi connectivity index (χ4n) is 3.86. The number of Topliss-reactive ketones (excluding diaryl/α,β-unsaturated/α-hetero) is 1.